The molecule has 0 radical (unpaired) electrons. The first-order valence-corrected chi connectivity index (χ1v) is 8.43. The van der Waals surface area contributed by atoms with E-state index in [2.05, 4.69) is 10.2 Å². The molecule has 1 atom stereocenters. The summed E-state index contributed by atoms with van der Waals surface area (Å²) in [7, 11) is 1.58. The highest BCUT2D eigenvalue weighted by Crippen LogP contribution is 2.19. The number of likely N-dealkylation sites (tertiary alicyclic amines) is 1. The standard InChI is InChI=1S/C18H28N2O3/c1-14-7-8-17(23-2)16(12-14)18(22)19-9-5-11-20-10-4-3-6-15(20)13-21/h7-8,12,15,21H,3-6,9-11,13H2,1-2H3,(H,19,22)/t15-/m1/s1. The molecular weight excluding hydrogens is 292 g/mol. The van der Waals surface area contributed by atoms with Gasteiger partial charge in [-0.2, -0.15) is 0 Å². The first kappa shape index (κ1) is 17.8. The maximum atomic E-state index is 12.3. The molecule has 1 aromatic rings. The first-order chi connectivity index (χ1) is 11.2. The second-order valence-corrected chi connectivity index (χ2v) is 6.18. The van der Waals surface area contributed by atoms with E-state index < -0.39 is 0 Å². The van der Waals surface area contributed by atoms with Crippen molar-refractivity contribution in [1.82, 2.24) is 10.2 Å². The molecule has 1 aromatic carbocycles. The molecule has 128 valence electrons. The largest absolute Gasteiger partial charge is 0.496 e. The minimum Gasteiger partial charge on any atom is -0.496 e. The van der Waals surface area contributed by atoms with Gasteiger partial charge in [0.1, 0.15) is 5.75 Å². The Labute approximate surface area is 138 Å². The Balaban J connectivity index is 1.80. The molecule has 1 saturated heterocycles. The monoisotopic (exact) mass is 320 g/mol. The van der Waals surface area contributed by atoms with Gasteiger partial charge >= 0.3 is 0 Å². The van der Waals surface area contributed by atoms with Crippen LogP contribution in [0, 0.1) is 6.92 Å². The van der Waals surface area contributed by atoms with Crippen molar-refractivity contribution in [2.75, 3.05) is 33.4 Å². The van der Waals surface area contributed by atoms with Crippen molar-refractivity contribution < 1.29 is 14.6 Å². The number of carbonyl (C=O) groups is 1. The number of hydrogen-bond acceptors (Lipinski definition) is 4. The van der Waals surface area contributed by atoms with Gasteiger partial charge in [-0.05, 0) is 44.9 Å². The molecule has 1 aliphatic rings. The fourth-order valence-electron chi connectivity index (χ4n) is 3.14. The summed E-state index contributed by atoms with van der Waals surface area (Å²) in [6, 6.07) is 5.89. The highest BCUT2D eigenvalue weighted by molar-refractivity contribution is 5.97. The van der Waals surface area contributed by atoms with Gasteiger partial charge in [-0.3, -0.25) is 9.69 Å². The Hall–Kier alpha value is -1.59. The molecule has 0 unspecified atom stereocenters. The number of ether oxygens (including phenoxy) is 1. The third kappa shape index (κ3) is 4.94. The van der Waals surface area contributed by atoms with Crippen molar-refractivity contribution in [2.24, 2.45) is 0 Å². The number of benzene rings is 1. The number of aliphatic hydroxyl groups excluding tert-OH is 1. The summed E-state index contributed by atoms with van der Waals surface area (Å²) in [5.41, 5.74) is 1.62. The van der Waals surface area contributed by atoms with Crippen LogP contribution in [0.25, 0.3) is 0 Å². The van der Waals surface area contributed by atoms with Gasteiger partial charge in [-0.25, -0.2) is 0 Å². The first-order valence-electron chi connectivity index (χ1n) is 8.43. The van der Waals surface area contributed by atoms with Gasteiger partial charge in [-0.1, -0.05) is 18.1 Å². The maximum absolute atomic E-state index is 12.3. The number of carbonyl (C=O) groups excluding carboxylic acids is 1. The number of methoxy groups -OCH3 is 1. The Bertz CT molecular complexity index is 519. The average Bonchev–Trinajstić information content (AvgIpc) is 2.58. The molecule has 0 spiro atoms. The Morgan fingerprint density at radius 1 is 1.43 bits per heavy atom. The predicted octanol–water partition coefficient (Wildman–Crippen LogP) is 1.97. The third-order valence-corrected chi connectivity index (χ3v) is 4.47. The van der Waals surface area contributed by atoms with Gasteiger partial charge in [0.25, 0.3) is 5.91 Å². The summed E-state index contributed by atoms with van der Waals surface area (Å²) in [4.78, 5) is 14.6. The molecule has 1 aliphatic heterocycles. The van der Waals surface area contributed by atoms with Crippen LogP contribution in [0.5, 0.6) is 5.75 Å². The predicted molar refractivity (Wildman–Crippen MR) is 91.0 cm³/mol. The number of nitrogens with zero attached hydrogens (tertiary/aromatic N) is 1. The van der Waals surface area contributed by atoms with E-state index in [0.717, 1.165) is 31.5 Å². The molecule has 1 heterocycles. The second kappa shape index (κ2) is 8.89. The van der Waals surface area contributed by atoms with Crippen molar-refractivity contribution >= 4 is 5.91 Å². The van der Waals surface area contributed by atoms with E-state index in [0.29, 0.717) is 17.9 Å². The molecule has 1 fully saturated rings. The Morgan fingerprint density at radius 2 is 2.26 bits per heavy atom. The van der Waals surface area contributed by atoms with Gasteiger partial charge < -0.3 is 15.2 Å². The number of hydrogen-bond donors (Lipinski definition) is 2. The topological polar surface area (TPSA) is 61.8 Å². The van der Waals surface area contributed by atoms with Gasteiger partial charge in [0.05, 0.1) is 19.3 Å². The molecule has 0 aromatic heterocycles. The molecule has 2 rings (SSSR count). The second-order valence-electron chi connectivity index (χ2n) is 6.18. The van der Waals surface area contributed by atoms with Crippen molar-refractivity contribution in [3.8, 4) is 5.75 Å². The van der Waals surface area contributed by atoms with Gasteiger partial charge in [0.2, 0.25) is 0 Å². The smallest absolute Gasteiger partial charge is 0.255 e. The summed E-state index contributed by atoms with van der Waals surface area (Å²) in [5, 5.41) is 12.4. The Kier molecular flexibility index (Phi) is 6.86. The van der Waals surface area contributed by atoms with Gasteiger partial charge in [0, 0.05) is 19.1 Å². The van der Waals surface area contributed by atoms with Gasteiger partial charge in [-0.15, -0.1) is 0 Å². The maximum Gasteiger partial charge on any atom is 0.255 e. The molecule has 0 aliphatic carbocycles. The van der Waals surface area contributed by atoms with E-state index in [1.807, 2.05) is 25.1 Å². The molecule has 5 heteroatoms. The molecule has 23 heavy (non-hydrogen) atoms. The minimum atomic E-state index is -0.0945. The van der Waals surface area contributed by atoms with Crippen LogP contribution in [0.4, 0.5) is 0 Å². The van der Waals surface area contributed by atoms with Crippen LogP contribution in [0.1, 0.15) is 41.6 Å². The van der Waals surface area contributed by atoms with Crippen LogP contribution < -0.4 is 10.1 Å². The molecule has 2 N–H and O–H groups in total. The van der Waals surface area contributed by atoms with Crippen LogP contribution in [-0.4, -0.2) is 55.3 Å². The summed E-state index contributed by atoms with van der Waals surface area (Å²) in [6.45, 7) is 4.78. The van der Waals surface area contributed by atoms with E-state index in [9.17, 15) is 9.90 Å². The fourth-order valence-corrected chi connectivity index (χ4v) is 3.14. The molecule has 1 amide bonds. The lowest BCUT2D eigenvalue weighted by Crippen LogP contribution is -2.43. The number of aliphatic hydroxyl groups is 1. The lowest BCUT2D eigenvalue weighted by atomic mass is 10.0. The molecule has 5 nitrogen and oxygen atoms in total. The van der Waals surface area contributed by atoms with E-state index in [4.69, 9.17) is 4.74 Å². The van der Waals surface area contributed by atoms with Crippen LogP contribution in [0.2, 0.25) is 0 Å². The highest BCUT2D eigenvalue weighted by atomic mass is 16.5. The van der Waals surface area contributed by atoms with Crippen LogP contribution in [-0.2, 0) is 0 Å². The van der Waals surface area contributed by atoms with Crippen LogP contribution >= 0.6 is 0 Å². The number of nitrogens with one attached hydrogen (secondary N) is 1. The van der Waals surface area contributed by atoms with Crippen molar-refractivity contribution in [3.05, 3.63) is 29.3 Å². The zero-order chi connectivity index (χ0) is 16.7. The molecule has 0 bridgehead atoms. The lowest BCUT2D eigenvalue weighted by molar-refractivity contribution is 0.0867. The van der Waals surface area contributed by atoms with Gasteiger partial charge in [0.15, 0.2) is 0 Å². The zero-order valence-corrected chi connectivity index (χ0v) is 14.2. The molecule has 0 saturated carbocycles. The number of aryl methyl sites for hydroxylation is 1. The quantitative estimate of drug-likeness (QED) is 0.754. The van der Waals surface area contributed by atoms with Crippen molar-refractivity contribution in [2.45, 2.75) is 38.6 Å². The highest BCUT2D eigenvalue weighted by Gasteiger charge is 2.20. The Morgan fingerprint density at radius 3 is 3.00 bits per heavy atom. The third-order valence-electron chi connectivity index (χ3n) is 4.47. The van der Waals surface area contributed by atoms with E-state index in [1.54, 1.807) is 7.11 Å². The summed E-state index contributed by atoms with van der Waals surface area (Å²) >= 11 is 0. The van der Waals surface area contributed by atoms with E-state index in [-0.39, 0.29) is 18.6 Å². The zero-order valence-electron chi connectivity index (χ0n) is 14.2. The summed E-state index contributed by atoms with van der Waals surface area (Å²) in [6.07, 6.45) is 4.36. The SMILES string of the molecule is COc1ccc(C)cc1C(=O)NCCCN1CCCC[C@@H]1CO. The summed E-state index contributed by atoms with van der Waals surface area (Å²) in [5.74, 6) is 0.507. The van der Waals surface area contributed by atoms with Crippen molar-refractivity contribution in [1.29, 1.82) is 0 Å². The normalized spacial score (nSPS) is 18.7. The minimum absolute atomic E-state index is 0.0945. The lowest BCUT2D eigenvalue weighted by Gasteiger charge is -2.34. The van der Waals surface area contributed by atoms with E-state index in [1.165, 1.54) is 12.8 Å². The van der Waals surface area contributed by atoms with E-state index >= 15 is 0 Å². The number of piperidine rings is 1. The number of amides is 1. The summed E-state index contributed by atoms with van der Waals surface area (Å²) < 4.78 is 5.25. The fraction of sp³-hybridized carbons (Fsp3) is 0.611. The van der Waals surface area contributed by atoms with Crippen LogP contribution in [0.15, 0.2) is 18.2 Å². The molecular formula is C18H28N2O3. The average molecular weight is 320 g/mol. The van der Waals surface area contributed by atoms with Crippen LogP contribution in [0.3, 0.4) is 0 Å². The number of rotatable bonds is 7. The van der Waals surface area contributed by atoms with Crippen molar-refractivity contribution in [3.63, 3.8) is 0 Å².